The third-order valence-electron chi connectivity index (χ3n) is 2.13. The first kappa shape index (κ1) is 12.7. The van der Waals surface area contributed by atoms with E-state index in [1.807, 2.05) is 25.3 Å². The van der Waals surface area contributed by atoms with Gasteiger partial charge in [-0.1, -0.05) is 11.2 Å². The van der Waals surface area contributed by atoms with Crippen LogP contribution in [0, 0.1) is 0 Å². The van der Waals surface area contributed by atoms with Crippen LogP contribution >= 0.6 is 11.8 Å². The van der Waals surface area contributed by atoms with E-state index in [1.54, 1.807) is 11.8 Å². The van der Waals surface area contributed by atoms with Gasteiger partial charge in [-0.3, -0.25) is 0 Å². The molecule has 1 aromatic carbocycles. The lowest BCUT2D eigenvalue weighted by Gasteiger charge is -2.14. The smallest absolute Gasteiger partial charge is 0.141 e. The van der Waals surface area contributed by atoms with Crippen molar-refractivity contribution in [3.05, 3.63) is 24.3 Å². The number of hydrogen-bond acceptors (Lipinski definition) is 4. The highest BCUT2D eigenvalue weighted by molar-refractivity contribution is 7.98. The first-order valence-electron chi connectivity index (χ1n) is 5.02. The minimum Gasteiger partial charge on any atom is -0.409 e. The summed E-state index contributed by atoms with van der Waals surface area (Å²) in [6.45, 7) is 1.99. The number of thioether (sulfide) groups is 1. The van der Waals surface area contributed by atoms with E-state index in [2.05, 4.69) is 22.6 Å². The van der Waals surface area contributed by atoms with Crippen molar-refractivity contribution in [3.8, 4) is 0 Å². The van der Waals surface area contributed by atoms with Gasteiger partial charge in [0.25, 0.3) is 0 Å². The Bertz CT molecular complexity index is 368. The van der Waals surface area contributed by atoms with Crippen molar-refractivity contribution in [2.24, 2.45) is 10.9 Å². The standard InChI is InChI=1S/C11H17N3OS/c1-8(6-11(12)14-15)13-9-4-3-5-10(7-9)16-2/h3-5,7-8,13,15H,6H2,1-2H3,(H2,12,14). The van der Waals surface area contributed by atoms with E-state index in [0.717, 1.165) is 5.69 Å². The fourth-order valence-electron chi connectivity index (χ4n) is 1.40. The van der Waals surface area contributed by atoms with E-state index in [0.29, 0.717) is 6.42 Å². The molecule has 0 aliphatic rings. The van der Waals surface area contributed by atoms with Crippen molar-refractivity contribution in [3.63, 3.8) is 0 Å². The van der Waals surface area contributed by atoms with Crippen molar-refractivity contribution < 1.29 is 5.21 Å². The summed E-state index contributed by atoms with van der Waals surface area (Å²) >= 11 is 1.70. The lowest BCUT2D eigenvalue weighted by molar-refractivity contribution is 0.316. The van der Waals surface area contributed by atoms with Gasteiger partial charge in [0, 0.05) is 23.0 Å². The minimum atomic E-state index is 0.132. The topological polar surface area (TPSA) is 70.6 Å². The SMILES string of the molecule is CSc1cccc(NC(C)CC(N)=NO)c1. The van der Waals surface area contributed by atoms with Crippen molar-refractivity contribution in [1.82, 2.24) is 0 Å². The third kappa shape index (κ3) is 4.02. The van der Waals surface area contributed by atoms with Gasteiger partial charge in [-0.05, 0) is 31.4 Å². The van der Waals surface area contributed by atoms with Gasteiger partial charge in [0.1, 0.15) is 5.84 Å². The van der Waals surface area contributed by atoms with Crippen LogP contribution in [0.15, 0.2) is 34.3 Å². The molecule has 0 aliphatic heterocycles. The van der Waals surface area contributed by atoms with Crippen molar-refractivity contribution >= 4 is 23.3 Å². The highest BCUT2D eigenvalue weighted by Gasteiger charge is 2.05. The largest absolute Gasteiger partial charge is 0.409 e. The number of oxime groups is 1. The molecule has 0 heterocycles. The summed E-state index contributed by atoms with van der Waals surface area (Å²) in [5, 5.41) is 14.7. The Labute approximate surface area is 99.9 Å². The molecule has 1 unspecified atom stereocenters. The van der Waals surface area contributed by atoms with Crippen LogP contribution in [0.25, 0.3) is 0 Å². The van der Waals surface area contributed by atoms with Gasteiger partial charge in [-0.25, -0.2) is 0 Å². The predicted octanol–water partition coefficient (Wildman–Crippen LogP) is 2.35. The quantitative estimate of drug-likeness (QED) is 0.242. The van der Waals surface area contributed by atoms with Crippen LogP contribution in [0.2, 0.25) is 0 Å². The molecule has 0 fully saturated rings. The number of benzene rings is 1. The summed E-state index contributed by atoms with van der Waals surface area (Å²) < 4.78 is 0. The molecule has 16 heavy (non-hydrogen) atoms. The van der Waals surface area contributed by atoms with Gasteiger partial charge < -0.3 is 16.3 Å². The molecule has 4 N–H and O–H groups in total. The highest BCUT2D eigenvalue weighted by atomic mass is 32.2. The van der Waals surface area contributed by atoms with Gasteiger partial charge in [-0.15, -0.1) is 11.8 Å². The van der Waals surface area contributed by atoms with Crippen LogP contribution in [0.5, 0.6) is 0 Å². The number of nitrogens with one attached hydrogen (secondary N) is 1. The summed E-state index contributed by atoms with van der Waals surface area (Å²) in [5.74, 6) is 0.237. The van der Waals surface area contributed by atoms with Crippen molar-refractivity contribution in [2.75, 3.05) is 11.6 Å². The molecule has 0 saturated carbocycles. The Morgan fingerprint density at radius 3 is 3.00 bits per heavy atom. The Morgan fingerprint density at radius 2 is 2.38 bits per heavy atom. The number of nitrogens with two attached hydrogens (primary N) is 1. The van der Waals surface area contributed by atoms with Gasteiger partial charge >= 0.3 is 0 Å². The van der Waals surface area contributed by atoms with Crippen molar-refractivity contribution in [1.29, 1.82) is 0 Å². The average Bonchev–Trinajstić information content (AvgIpc) is 2.28. The van der Waals surface area contributed by atoms with E-state index in [1.165, 1.54) is 4.90 Å². The molecule has 88 valence electrons. The molecule has 0 amide bonds. The van der Waals surface area contributed by atoms with Crippen LogP contribution < -0.4 is 11.1 Å². The van der Waals surface area contributed by atoms with Crippen molar-refractivity contribution in [2.45, 2.75) is 24.3 Å². The highest BCUT2D eigenvalue weighted by Crippen LogP contribution is 2.19. The monoisotopic (exact) mass is 239 g/mol. The lowest BCUT2D eigenvalue weighted by Crippen LogP contribution is -2.24. The van der Waals surface area contributed by atoms with E-state index >= 15 is 0 Å². The fraction of sp³-hybridized carbons (Fsp3) is 0.364. The van der Waals surface area contributed by atoms with Gasteiger partial charge in [-0.2, -0.15) is 0 Å². The molecule has 0 aliphatic carbocycles. The maximum atomic E-state index is 8.46. The second kappa shape index (κ2) is 6.27. The van der Waals surface area contributed by atoms with E-state index in [9.17, 15) is 0 Å². The summed E-state index contributed by atoms with van der Waals surface area (Å²) in [6, 6.07) is 8.28. The Kier molecular flexibility index (Phi) is 4.98. The zero-order valence-electron chi connectivity index (χ0n) is 9.47. The Balaban J connectivity index is 2.58. The van der Waals surface area contributed by atoms with Gasteiger partial charge in [0.2, 0.25) is 0 Å². The number of amidine groups is 1. The van der Waals surface area contributed by atoms with Gasteiger partial charge in [0.15, 0.2) is 0 Å². The molecule has 0 aromatic heterocycles. The second-order valence-electron chi connectivity index (χ2n) is 3.57. The second-order valence-corrected chi connectivity index (χ2v) is 4.45. The summed E-state index contributed by atoms with van der Waals surface area (Å²) in [4.78, 5) is 1.21. The van der Waals surface area contributed by atoms with E-state index in [-0.39, 0.29) is 11.9 Å². The Morgan fingerprint density at radius 1 is 1.62 bits per heavy atom. The number of nitrogens with zero attached hydrogens (tertiary/aromatic N) is 1. The average molecular weight is 239 g/mol. The van der Waals surface area contributed by atoms with Crippen LogP contribution in [0.4, 0.5) is 5.69 Å². The van der Waals surface area contributed by atoms with Crippen LogP contribution in [-0.4, -0.2) is 23.3 Å². The first-order chi connectivity index (χ1) is 7.65. The third-order valence-corrected chi connectivity index (χ3v) is 2.85. The maximum absolute atomic E-state index is 8.46. The predicted molar refractivity (Wildman–Crippen MR) is 69.3 cm³/mol. The maximum Gasteiger partial charge on any atom is 0.141 e. The minimum absolute atomic E-state index is 0.132. The normalized spacial score (nSPS) is 13.5. The number of rotatable bonds is 5. The molecule has 1 atom stereocenters. The zero-order chi connectivity index (χ0) is 12.0. The van der Waals surface area contributed by atoms with Crippen LogP contribution in [0.1, 0.15) is 13.3 Å². The zero-order valence-corrected chi connectivity index (χ0v) is 10.3. The summed E-state index contributed by atoms with van der Waals surface area (Å²) in [7, 11) is 0. The van der Waals surface area contributed by atoms with Gasteiger partial charge in [0.05, 0.1) is 0 Å². The molecule has 1 rings (SSSR count). The summed E-state index contributed by atoms with van der Waals surface area (Å²) in [6.07, 6.45) is 2.55. The van der Waals surface area contributed by atoms with E-state index in [4.69, 9.17) is 10.9 Å². The first-order valence-corrected chi connectivity index (χ1v) is 6.25. The molecular formula is C11H17N3OS. The number of hydrogen-bond donors (Lipinski definition) is 3. The summed E-state index contributed by atoms with van der Waals surface area (Å²) in [5.41, 5.74) is 6.49. The van der Waals surface area contributed by atoms with E-state index < -0.39 is 0 Å². The lowest BCUT2D eigenvalue weighted by atomic mass is 10.2. The Hall–Kier alpha value is -1.36. The van der Waals surface area contributed by atoms with Crippen LogP contribution in [-0.2, 0) is 0 Å². The molecule has 0 saturated heterocycles. The molecule has 0 bridgehead atoms. The molecule has 1 aromatic rings. The molecule has 5 heteroatoms. The van der Waals surface area contributed by atoms with Crippen LogP contribution in [0.3, 0.4) is 0 Å². The molecular weight excluding hydrogens is 222 g/mol. The number of anilines is 1. The molecule has 4 nitrogen and oxygen atoms in total. The molecule has 0 radical (unpaired) electrons. The molecule has 0 spiro atoms. The fourth-order valence-corrected chi connectivity index (χ4v) is 1.86.